The summed E-state index contributed by atoms with van der Waals surface area (Å²) in [6, 6.07) is 7.23. The van der Waals surface area contributed by atoms with E-state index in [-0.39, 0.29) is 6.04 Å². The van der Waals surface area contributed by atoms with Gasteiger partial charge in [-0.1, -0.05) is 12.1 Å². The second-order valence-corrected chi connectivity index (χ2v) is 7.52. The first-order valence-corrected chi connectivity index (χ1v) is 9.06. The van der Waals surface area contributed by atoms with Gasteiger partial charge < -0.3 is 10.1 Å². The molecule has 1 atom stereocenters. The molecule has 3 rings (SSSR count). The second-order valence-electron chi connectivity index (χ2n) is 5.84. The van der Waals surface area contributed by atoms with Crippen molar-refractivity contribution in [2.24, 2.45) is 5.92 Å². The van der Waals surface area contributed by atoms with Crippen molar-refractivity contribution in [1.29, 1.82) is 0 Å². The smallest absolute Gasteiger partial charge is 0.242 e. The molecule has 1 aliphatic carbocycles. The van der Waals surface area contributed by atoms with Crippen LogP contribution < -0.4 is 10.0 Å². The Balaban J connectivity index is 1.64. The van der Waals surface area contributed by atoms with Gasteiger partial charge >= 0.3 is 0 Å². The van der Waals surface area contributed by atoms with Gasteiger partial charge in [0.25, 0.3) is 0 Å². The molecule has 21 heavy (non-hydrogen) atoms. The molecule has 0 radical (unpaired) electrons. The molecule has 1 aromatic carbocycles. The number of nitrogens with one attached hydrogen (secondary N) is 2. The molecule has 0 amide bonds. The van der Waals surface area contributed by atoms with Gasteiger partial charge in [-0.15, -0.1) is 0 Å². The van der Waals surface area contributed by atoms with Crippen LogP contribution in [0.4, 0.5) is 5.69 Å². The number of hydrogen-bond acceptors (Lipinski definition) is 4. The number of anilines is 1. The molecule has 0 aromatic heterocycles. The van der Waals surface area contributed by atoms with E-state index in [0.29, 0.717) is 16.5 Å². The number of sulfonamides is 1. The van der Waals surface area contributed by atoms with Crippen LogP contribution in [0.5, 0.6) is 0 Å². The molecule has 6 heteroatoms. The number of ether oxygens (including phenoxy) is 1. The summed E-state index contributed by atoms with van der Waals surface area (Å²) in [5.41, 5.74) is 0.685. The van der Waals surface area contributed by atoms with E-state index in [1.165, 1.54) is 0 Å². The van der Waals surface area contributed by atoms with Gasteiger partial charge in [0.05, 0.1) is 5.69 Å². The molecular formula is C15H22N2O3S. The SMILES string of the molecule is O=S(=O)(NC1CC1)c1ccccc1NCCC1CCOC1. The normalized spacial score (nSPS) is 22.4. The Morgan fingerprint density at radius 3 is 2.71 bits per heavy atom. The fourth-order valence-electron chi connectivity index (χ4n) is 2.55. The number of para-hydroxylation sites is 1. The summed E-state index contributed by atoms with van der Waals surface area (Å²) in [7, 11) is -3.41. The third-order valence-electron chi connectivity index (χ3n) is 3.97. The van der Waals surface area contributed by atoms with Crippen molar-refractivity contribution in [2.75, 3.05) is 25.1 Å². The van der Waals surface area contributed by atoms with Crippen molar-refractivity contribution >= 4 is 15.7 Å². The summed E-state index contributed by atoms with van der Waals surface area (Å²) in [5.74, 6) is 0.589. The molecular weight excluding hydrogens is 288 g/mol. The van der Waals surface area contributed by atoms with Crippen molar-refractivity contribution in [1.82, 2.24) is 4.72 Å². The minimum Gasteiger partial charge on any atom is -0.384 e. The lowest BCUT2D eigenvalue weighted by Crippen LogP contribution is -2.26. The summed E-state index contributed by atoms with van der Waals surface area (Å²) in [5, 5.41) is 3.27. The van der Waals surface area contributed by atoms with Crippen LogP contribution in [0.25, 0.3) is 0 Å². The first-order valence-electron chi connectivity index (χ1n) is 7.58. The van der Waals surface area contributed by atoms with Crippen molar-refractivity contribution < 1.29 is 13.2 Å². The predicted octanol–water partition coefficient (Wildman–Crippen LogP) is 1.97. The molecule has 1 saturated heterocycles. The average Bonchev–Trinajstić information content (AvgIpc) is 3.11. The van der Waals surface area contributed by atoms with Crippen molar-refractivity contribution in [2.45, 2.75) is 36.6 Å². The average molecular weight is 310 g/mol. The highest BCUT2D eigenvalue weighted by Crippen LogP contribution is 2.26. The highest BCUT2D eigenvalue weighted by atomic mass is 32.2. The standard InChI is InChI=1S/C15H22N2O3S/c18-21(19,17-13-5-6-13)15-4-2-1-3-14(15)16-9-7-12-8-10-20-11-12/h1-4,12-13,16-17H,5-11H2. The Kier molecular flexibility index (Phi) is 4.47. The lowest BCUT2D eigenvalue weighted by Gasteiger charge is -2.14. The van der Waals surface area contributed by atoms with E-state index in [1.807, 2.05) is 12.1 Å². The largest absolute Gasteiger partial charge is 0.384 e. The number of benzene rings is 1. The Morgan fingerprint density at radius 1 is 1.19 bits per heavy atom. The second kappa shape index (κ2) is 6.34. The number of rotatable bonds is 7. The van der Waals surface area contributed by atoms with E-state index in [2.05, 4.69) is 10.0 Å². The summed E-state index contributed by atoms with van der Waals surface area (Å²) in [6.45, 7) is 2.44. The topological polar surface area (TPSA) is 67.4 Å². The molecule has 1 aromatic rings. The van der Waals surface area contributed by atoms with Gasteiger partial charge in [-0.25, -0.2) is 13.1 Å². The van der Waals surface area contributed by atoms with Crippen LogP contribution in [0, 0.1) is 5.92 Å². The van der Waals surface area contributed by atoms with E-state index < -0.39 is 10.0 Å². The maximum Gasteiger partial charge on any atom is 0.242 e. The lowest BCUT2D eigenvalue weighted by atomic mass is 10.1. The van der Waals surface area contributed by atoms with Crippen molar-refractivity contribution in [3.63, 3.8) is 0 Å². The molecule has 1 saturated carbocycles. The molecule has 1 unspecified atom stereocenters. The summed E-state index contributed by atoms with van der Waals surface area (Å²) in [6.07, 6.45) is 3.99. The fourth-order valence-corrected chi connectivity index (χ4v) is 4.04. The zero-order valence-electron chi connectivity index (χ0n) is 12.0. The van der Waals surface area contributed by atoms with Crippen LogP contribution in [0.2, 0.25) is 0 Å². The van der Waals surface area contributed by atoms with Crippen LogP contribution in [-0.4, -0.2) is 34.2 Å². The quantitative estimate of drug-likeness (QED) is 0.808. The molecule has 116 valence electrons. The zero-order chi connectivity index (χ0) is 14.7. The van der Waals surface area contributed by atoms with Gasteiger partial charge in [-0.05, 0) is 43.7 Å². The van der Waals surface area contributed by atoms with Gasteiger partial charge in [-0.3, -0.25) is 0 Å². The van der Waals surface area contributed by atoms with E-state index in [1.54, 1.807) is 12.1 Å². The maximum absolute atomic E-state index is 12.4. The summed E-state index contributed by atoms with van der Waals surface area (Å²) < 4.78 is 32.8. The van der Waals surface area contributed by atoms with Gasteiger partial charge in [0.2, 0.25) is 10.0 Å². The van der Waals surface area contributed by atoms with Crippen LogP contribution in [0.3, 0.4) is 0 Å². The molecule has 0 bridgehead atoms. The van der Waals surface area contributed by atoms with E-state index in [9.17, 15) is 8.42 Å². The van der Waals surface area contributed by atoms with Crippen molar-refractivity contribution in [3.05, 3.63) is 24.3 Å². The van der Waals surface area contributed by atoms with Gasteiger partial charge in [-0.2, -0.15) is 0 Å². The molecule has 2 fully saturated rings. The van der Waals surface area contributed by atoms with E-state index >= 15 is 0 Å². The molecule has 1 aliphatic heterocycles. The van der Waals surface area contributed by atoms with Gasteiger partial charge in [0.1, 0.15) is 4.90 Å². The molecule has 5 nitrogen and oxygen atoms in total. The lowest BCUT2D eigenvalue weighted by molar-refractivity contribution is 0.185. The Labute approximate surface area is 126 Å². The van der Waals surface area contributed by atoms with Crippen LogP contribution in [-0.2, 0) is 14.8 Å². The van der Waals surface area contributed by atoms with Crippen LogP contribution in [0.1, 0.15) is 25.7 Å². The Bertz CT molecular complexity index is 578. The molecule has 0 spiro atoms. The predicted molar refractivity (Wildman–Crippen MR) is 81.8 cm³/mol. The minimum atomic E-state index is -3.41. The van der Waals surface area contributed by atoms with Gasteiger partial charge in [0.15, 0.2) is 0 Å². The highest BCUT2D eigenvalue weighted by molar-refractivity contribution is 7.89. The van der Waals surface area contributed by atoms with Gasteiger partial charge in [0, 0.05) is 25.8 Å². The number of hydrogen-bond donors (Lipinski definition) is 2. The monoisotopic (exact) mass is 310 g/mol. The summed E-state index contributed by atoms with van der Waals surface area (Å²) >= 11 is 0. The van der Waals surface area contributed by atoms with Crippen LogP contribution >= 0.6 is 0 Å². The first-order chi connectivity index (χ1) is 10.1. The highest BCUT2D eigenvalue weighted by Gasteiger charge is 2.29. The third-order valence-corrected chi connectivity index (χ3v) is 5.55. The van der Waals surface area contributed by atoms with Crippen LogP contribution in [0.15, 0.2) is 29.2 Å². The molecule has 2 aliphatic rings. The Morgan fingerprint density at radius 2 is 2.00 bits per heavy atom. The maximum atomic E-state index is 12.4. The Hall–Kier alpha value is -1.11. The van der Waals surface area contributed by atoms with E-state index in [0.717, 1.165) is 45.4 Å². The van der Waals surface area contributed by atoms with E-state index in [4.69, 9.17) is 4.74 Å². The summed E-state index contributed by atoms with van der Waals surface area (Å²) in [4.78, 5) is 0.347. The minimum absolute atomic E-state index is 0.124. The first kappa shape index (κ1) is 14.8. The zero-order valence-corrected chi connectivity index (χ0v) is 12.9. The third kappa shape index (κ3) is 3.96. The van der Waals surface area contributed by atoms with Crippen molar-refractivity contribution in [3.8, 4) is 0 Å². The molecule has 1 heterocycles. The fraction of sp³-hybridized carbons (Fsp3) is 0.600. The molecule has 2 N–H and O–H groups in total.